The third kappa shape index (κ3) is 2.34. The second-order valence-corrected chi connectivity index (χ2v) is 4.46. The van der Waals surface area contributed by atoms with Gasteiger partial charge in [0.05, 0.1) is 6.61 Å². The maximum absolute atomic E-state index is 11.4. The Kier molecular flexibility index (Phi) is 2.81. The molecule has 13 heavy (non-hydrogen) atoms. The van der Waals surface area contributed by atoms with E-state index in [4.69, 9.17) is 10.5 Å². The van der Waals surface area contributed by atoms with Crippen molar-refractivity contribution in [2.75, 3.05) is 19.7 Å². The third-order valence-corrected chi connectivity index (χ3v) is 2.25. The molecule has 4 heteroatoms. The molecule has 76 valence electrons. The van der Waals surface area contributed by atoms with Crippen LogP contribution >= 0.6 is 0 Å². The molecule has 2 N–H and O–H groups in total. The fraction of sp³-hybridized carbons (Fsp3) is 0.889. The van der Waals surface area contributed by atoms with Crippen molar-refractivity contribution in [2.24, 2.45) is 11.7 Å². The number of nitrogens with zero attached hydrogens (tertiary/aromatic N) is 1. The summed E-state index contributed by atoms with van der Waals surface area (Å²) in [4.78, 5) is 13.1. The van der Waals surface area contributed by atoms with E-state index in [1.165, 1.54) is 0 Å². The summed E-state index contributed by atoms with van der Waals surface area (Å²) in [7, 11) is 0. The summed E-state index contributed by atoms with van der Waals surface area (Å²) in [6, 6.07) is 0. The Morgan fingerprint density at radius 2 is 2.23 bits per heavy atom. The highest BCUT2D eigenvalue weighted by Crippen LogP contribution is 2.20. The molecule has 1 unspecified atom stereocenters. The van der Waals surface area contributed by atoms with Crippen LogP contribution in [-0.2, 0) is 4.74 Å². The van der Waals surface area contributed by atoms with Crippen molar-refractivity contribution in [1.82, 2.24) is 4.90 Å². The fourth-order valence-corrected chi connectivity index (χ4v) is 1.34. The van der Waals surface area contributed by atoms with Gasteiger partial charge in [-0.1, -0.05) is 0 Å². The molecule has 1 amide bonds. The van der Waals surface area contributed by atoms with Gasteiger partial charge in [-0.25, -0.2) is 4.79 Å². The smallest absolute Gasteiger partial charge is 0.410 e. The normalized spacial score (nSPS) is 24.5. The predicted octanol–water partition coefficient (Wildman–Crippen LogP) is 0.812. The lowest BCUT2D eigenvalue weighted by Gasteiger charge is -2.40. The Labute approximate surface area is 79.0 Å². The van der Waals surface area contributed by atoms with Gasteiger partial charge in [-0.3, -0.25) is 0 Å². The molecule has 1 rings (SSSR count). The molecule has 0 spiro atoms. The van der Waals surface area contributed by atoms with Crippen LogP contribution in [0.1, 0.15) is 20.8 Å². The van der Waals surface area contributed by atoms with Gasteiger partial charge in [-0.2, -0.15) is 0 Å². The zero-order valence-corrected chi connectivity index (χ0v) is 8.54. The second kappa shape index (κ2) is 3.54. The zero-order valence-electron chi connectivity index (χ0n) is 8.54. The van der Waals surface area contributed by atoms with E-state index in [1.54, 1.807) is 4.90 Å². The monoisotopic (exact) mass is 186 g/mol. The first-order valence-electron chi connectivity index (χ1n) is 4.59. The van der Waals surface area contributed by atoms with Gasteiger partial charge < -0.3 is 15.4 Å². The van der Waals surface area contributed by atoms with Gasteiger partial charge in [-0.15, -0.1) is 0 Å². The summed E-state index contributed by atoms with van der Waals surface area (Å²) in [6.45, 7) is 7.72. The van der Waals surface area contributed by atoms with Crippen LogP contribution in [0, 0.1) is 5.92 Å². The van der Waals surface area contributed by atoms with Gasteiger partial charge in [0, 0.05) is 24.5 Å². The zero-order chi connectivity index (χ0) is 10.1. The lowest BCUT2D eigenvalue weighted by atomic mass is 10.0. The van der Waals surface area contributed by atoms with Crippen molar-refractivity contribution in [2.45, 2.75) is 26.3 Å². The third-order valence-electron chi connectivity index (χ3n) is 2.25. The molecule has 1 fully saturated rings. The van der Waals surface area contributed by atoms with Gasteiger partial charge in [0.2, 0.25) is 0 Å². The number of cyclic esters (lactones) is 1. The molecule has 0 aromatic heterocycles. The van der Waals surface area contributed by atoms with E-state index in [1.807, 2.05) is 20.8 Å². The number of carbonyl (C=O) groups excluding carboxylic acids is 1. The van der Waals surface area contributed by atoms with Gasteiger partial charge in [0.1, 0.15) is 0 Å². The minimum Gasteiger partial charge on any atom is -0.449 e. The first-order chi connectivity index (χ1) is 5.95. The van der Waals surface area contributed by atoms with Crippen molar-refractivity contribution >= 4 is 6.09 Å². The highest BCUT2D eigenvalue weighted by Gasteiger charge is 2.33. The van der Waals surface area contributed by atoms with Gasteiger partial charge in [-0.05, 0) is 20.8 Å². The molecular formula is C9H18N2O2. The average Bonchev–Trinajstić information content (AvgIpc) is 2.03. The average molecular weight is 186 g/mol. The molecule has 1 atom stereocenters. The van der Waals surface area contributed by atoms with Crippen molar-refractivity contribution in [3.63, 3.8) is 0 Å². The van der Waals surface area contributed by atoms with Crippen LogP contribution < -0.4 is 5.73 Å². The summed E-state index contributed by atoms with van der Waals surface area (Å²) >= 11 is 0. The maximum atomic E-state index is 11.4. The molecule has 1 heterocycles. The van der Waals surface area contributed by atoms with Crippen molar-refractivity contribution < 1.29 is 9.53 Å². The Hall–Kier alpha value is -0.770. The summed E-state index contributed by atoms with van der Waals surface area (Å²) in [6.07, 6.45) is -0.225. The number of hydrogen-bond donors (Lipinski definition) is 1. The van der Waals surface area contributed by atoms with Crippen LogP contribution in [0.5, 0.6) is 0 Å². The Bertz CT molecular complexity index is 198. The lowest BCUT2D eigenvalue weighted by molar-refractivity contribution is 0.0116. The highest BCUT2D eigenvalue weighted by molar-refractivity contribution is 5.69. The number of nitrogens with two attached hydrogens (primary N) is 1. The first kappa shape index (κ1) is 10.3. The van der Waals surface area contributed by atoms with E-state index in [2.05, 4.69) is 0 Å². The minimum absolute atomic E-state index is 0.176. The van der Waals surface area contributed by atoms with E-state index < -0.39 is 0 Å². The molecule has 1 saturated heterocycles. The van der Waals surface area contributed by atoms with Crippen molar-refractivity contribution in [3.8, 4) is 0 Å². The van der Waals surface area contributed by atoms with Crippen molar-refractivity contribution in [3.05, 3.63) is 0 Å². The van der Waals surface area contributed by atoms with E-state index >= 15 is 0 Å². The van der Waals surface area contributed by atoms with Gasteiger partial charge >= 0.3 is 6.09 Å². The summed E-state index contributed by atoms with van der Waals surface area (Å²) < 4.78 is 5.03. The van der Waals surface area contributed by atoms with Crippen molar-refractivity contribution in [1.29, 1.82) is 0 Å². The van der Waals surface area contributed by atoms with Gasteiger partial charge in [0.15, 0.2) is 0 Å². The van der Waals surface area contributed by atoms with E-state index in [0.29, 0.717) is 19.7 Å². The molecule has 0 saturated carbocycles. The van der Waals surface area contributed by atoms with Crippen LogP contribution in [0.2, 0.25) is 0 Å². The minimum atomic E-state index is -0.225. The van der Waals surface area contributed by atoms with E-state index in [9.17, 15) is 4.79 Å². The highest BCUT2D eigenvalue weighted by atomic mass is 16.6. The van der Waals surface area contributed by atoms with Gasteiger partial charge in [0.25, 0.3) is 0 Å². The summed E-state index contributed by atoms with van der Waals surface area (Å²) in [5, 5.41) is 0. The number of ether oxygens (including phenoxy) is 1. The number of carbonyl (C=O) groups is 1. The molecule has 4 nitrogen and oxygen atoms in total. The Balaban J connectivity index is 2.66. The number of rotatable bonds is 1. The summed E-state index contributed by atoms with van der Waals surface area (Å²) in [5.41, 5.74) is 5.36. The number of hydrogen-bond acceptors (Lipinski definition) is 3. The predicted molar refractivity (Wildman–Crippen MR) is 50.4 cm³/mol. The molecule has 1 aliphatic heterocycles. The molecule has 0 aromatic carbocycles. The molecule has 0 radical (unpaired) electrons. The van der Waals surface area contributed by atoms with Crippen LogP contribution in [0.3, 0.4) is 0 Å². The molecule has 1 aliphatic rings. The van der Waals surface area contributed by atoms with Crippen LogP contribution in [0.15, 0.2) is 0 Å². The standard InChI is InChI=1S/C9H18N2O2/c1-9(2,3)11-5-7(4-10)6-13-8(11)12/h7H,4-6,10H2,1-3H3. The topological polar surface area (TPSA) is 55.6 Å². The number of amides is 1. The Morgan fingerprint density at radius 3 is 2.69 bits per heavy atom. The molecule has 0 aromatic rings. The molecular weight excluding hydrogens is 168 g/mol. The lowest BCUT2D eigenvalue weighted by Crippen LogP contribution is -2.53. The molecule has 0 bridgehead atoms. The largest absolute Gasteiger partial charge is 0.449 e. The summed E-state index contributed by atoms with van der Waals surface area (Å²) in [5.74, 6) is 0.275. The first-order valence-corrected chi connectivity index (χ1v) is 4.59. The van der Waals surface area contributed by atoms with Crippen LogP contribution in [0.4, 0.5) is 4.79 Å². The quantitative estimate of drug-likeness (QED) is 0.659. The maximum Gasteiger partial charge on any atom is 0.410 e. The Morgan fingerprint density at radius 1 is 1.62 bits per heavy atom. The van der Waals surface area contributed by atoms with Crippen LogP contribution in [-0.4, -0.2) is 36.2 Å². The SMILES string of the molecule is CC(C)(C)N1CC(CN)COC1=O. The second-order valence-electron chi connectivity index (χ2n) is 4.46. The van der Waals surface area contributed by atoms with Crippen LogP contribution in [0.25, 0.3) is 0 Å². The van der Waals surface area contributed by atoms with E-state index in [-0.39, 0.29) is 17.6 Å². The van der Waals surface area contributed by atoms with E-state index in [0.717, 1.165) is 0 Å². The molecule has 0 aliphatic carbocycles. The fourth-order valence-electron chi connectivity index (χ4n) is 1.34.